The fraction of sp³-hybridized carbons (Fsp3) is 0.0417. The van der Waals surface area contributed by atoms with Crippen molar-refractivity contribution in [3.05, 3.63) is 90.3 Å². The standard InChI is InChI=1S/C24H18N4O2/c1-28-13-3-6-22(28)19-14-16(15-25)7-12-23(19)30-18-10-8-17(9-11-18)20-4-2-5-21(27-20)24(26)29/h2-14H,1H3,(H2,26,29). The fourth-order valence-corrected chi connectivity index (χ4v) is 3.18. The molecule has 2 heterocycles. The maximum atomic E-state index is 11.4. The van der Waals surface area contributed by atoms with E-state index < -0.39 is 5.91 Å². The molecule has 6 nitrogen and oxygen atoms in total. The number of rotatable bonds is 5. The predicted molar refractivity (Wildman–Crippen MR) is 114 cm³/mol. The van der Waals surface area contributed by atoms with E-state index in [9.17, 15) is 10.1 Å². The zero-order chi connectivity index (χ0) is 21.1. The van der Waals surface area contributed by atoms with Crippen LogP contribution in [-0.4, -0.2) is 15.5 Å². The number of ether oxygens (including phenoxy) is 1. The Labute approximate surface area is 173 Å². The molecule has 2 aromatic carbocycles. The van der Waals surface area contributed by atoms with Crippen molar-refractivity contribution in [3.63, 3.8) is 0 Å². The first-order valence-corrected chi connectivity index (χ1v) is 9.26. The third kappa shape index (κ3) is 3.77. The van der Waals surface area contributed by atoms with Crippen molar-refractivity contribution in [2.45, 2.75) is 0 Å². The number of primary amides is 1. The van der Waals surface area contributed by atoms with Crippen molar-refractivity contribution in [3.8, 4) is 40.1 Å². The minimum Gasteiger partial charge on any atom is -0.457 e. The summed E-state index contributed by atoms with van der Waals surface area (Å²) < 4.78 is 8.10. The van der Waals surface area contributed by atoms with Crippen molar-refractivity contribution in [1.29, 1.82) is 5.26 Å². The summed E-state index contributed by atoms with van der Waals surface area (Å²) in [4.78, 5) is 15.6. The molecule has 2 N–H and O–H groups in total. The van der Waals surface area contributed by atoms with Gasteiger partial charge in [-0.25, -0.2) is 4.98 Å². The predicted octanol–water partition coefficient (Wildman–Crippen LogP) is 4.52. The number of nitrogens with two attached hydrogens (primary N) is 1. The molecule has 0 unspecified atom stereocenters. The summed E-state index contributed by atoms with van der Waals surface area (Å²) in [6.07, 6.45) is 1.94. The van der Waals surface area contributed by atoms with Crippen molar-refractivity contribution in [1.82, 2.24) is 9.55 Å². The molecular formula is C24H18N4O2. The second-order valence-electron chi connectivity index (χ2n) is 6.73. The number of nitriles is 1. The number of carbonyl (C=O) groups excluding carboxylic acids is 1. The zero-order valence-electron chi connectivity index (χ0n) is 16.2. The lowest BCUT2D eigenvalue weighted by molar-refractivity contribution is 0.0995. The zero-order valence-corrected chi connectivity index (χ0v) is 16.2. The van der Waals surface area contributed by atoms with E-state index >= 15 is 0 Å². The molecule has 0 atom stereocenters. The molecule has 4 rings (SSSR count). The Kier molecular flexibility index (Phi) is 5.02. The summed E-state index contributed by atoms with van der Waals surface area (Å²) in [5, 5.41) is 9.27. The molecule has 146 valence electrons. The molecule has 0 radical (unpaired) electrons. The van der Waals surface area contributed by atoms with E-state index in [2.05, 4.69) is 11.1 Å². The Balaban J connectivity index is 1.64. The molecule has 4 aromatic rings. The number of aromatic nitrogens is 2. The van der Waals surface area contributed by atoms with Gasteiger partial charge in [-0.05, 0) is 66.7 Å². The van der Waals surface area contributed by atoms with E-state index in [1.165, 1.54) is 0 Å². The number of hydrogen-bond donors (Lipinski definition) is 1. The van der Waals surface area contributed by atoms with Gasteiger partial charge in [0.25, 0.3) is 5.91 Å². The van der Waals surface area contributed by atoms with Gasteiger partial charge in [0.1, 0.15) is 17.2 Å². The van der Waals surface area contributed by atoms with Crippen molar-refractivity contribution < 1.29 is 9.53 Å². The van der Waals surface area contributed by atoms with Crippen LogP contribution < -0.4 is 10.5 Å². The van der Waals surface area contributed by atoms with E-state index in [1.807, 2.05) is 66.3 Å². The molecule has 6 heteroatoms. The second-order valence-corrected chi connectivity index (χ2v) is 6.73. The first-order chi connectivity index (χ1) is 14.5. The topological polar surface area (TPSA) is 93.9 Å². The smallest absolute Gasteiger partial charge is 0.267 e. The molecule has 0 aliphatic carbocycles. The summed E-state index contributed by atoms with van der Waals surface area (Å²) in [5.74, 6) is 0.730. The molecule has 1 amide bonds. The van der Waals surface area contributed by atoms with Crippen LogP contribution in [0.4, 0.5) is 0 Å². The minimum atomic E-state index is -0.564. The molecule has 0 aliphatic heterocycles. The highest BCUT2D eigenvalue weighted by atomic mass is 16.5. The van der Waals surface area contributed by atoms with Crippen LogP contribution in [-0.2, 0) is 7.05 Å². The SMILES string of the molecule is Cn1cccc1-c1cc(C#N)ccc1Oc1ccc(-c2cccc(C(N)=O)n2)cc1. The van der Waals surface area contributed by atoms with E-state index in [0.717, 1.165) is 16.8 Å². The molecule has 0 spiro atoms. The normalized spacial score (nSPS) is 10.4. The van der Waals surface area contributed by atoms with Crippen LogP contribution in [0, 0.1) is 11.3 Å². The van der Waals surface area contributed by atoms with Crippen molar-refractivity contribution in [2.24, 2.45) is 12.8 Å². The number of benzene rings is 2. The van der Waals surface area contributed by atoms with Gasteiger partial charge in [0.05, 0.1) is 23.0 Å². The molecule has 0 saturated carbocycles. The van der Waals surface area contributed by atoms with Gasteiger partial charge in [-0.3, -0.25) is 4.79 Å². The minimum absolute atomic E-state index is 0.220. The summed E-state index contributed by atoms with van der Waals surface area (Å²) in [6.45, 7) is 0. The van der Waals surface area contributed by atoms with Gasteiger partial charge in [-0.2, -0.15) is 5.26 Å². The quantitative estimate of drug-likeness (QED) is 0.539. The Morgan fingerprint density at radius 2 is 1.87 bits per heavy atom. The molecule has 2 aromatic heterocycles. The number of amides is 1. The summed E-state index contributed by atoms with van der Waals surface area (Å²) in [5.41, 5.74) is 9.38. The Morgan fingerprint density at radius 3 is 2.53 bits per heavy atom. The van der Waals surface area contributed by atoms with Gasteiger partial charge in [0.15, 0.2) is 0 Å². The van der Waals surface area contributed by atoms with Crippen molar-refractivity contribution in [2.75, 3.05) is 0 Å². The van der Waals surface area contributed by atoms with Gasteiger partial charge in [0, 0.05) is 24.4 Å². The van der Waals surface area contributed by atoms with Crippen LogP contribution in [0.3, 0.4) is 0 Å². The number of hydrogen-bond acceptors (Lipinski definition) is 4. The molecule has 0 saturated heterocycles. The molecular weight excluding hydrogens is 376 g/mol. The molecule has 0 fully saturated rings. The largest absolute Gasteiger partial charge is 0.457 e. The average molecular weight is 394 g/mol. The maximum Gasteiger partial charge on any atom is 0.267 e. The van der Waals surface area contributed by atoms with Crippen LogP contribution in [0.25, 0.3) is 22.5 Å². The number of aryl methyl sites for hydroxylation is 1. The summed E-state index contributed by atoms with van der Waals surface area (Å²) in [7, 11) is 1.94. The van der Waals surface area contributed by atoms with Gasteiger partial charge in [-0.15, -0.1) is 0 Å². The highest BCUT2D eigenvalue weighted by Crippen LogP contribution is 2.34. The second kappa shape index (κ2) is 7.94. The Hall–Kier alpha value is -4.37. The van der Waals surface area contributed by atoms with Crippen LogP contribution in [0.15, 0.2) is 79.0 Å². The first-order valence-electron chi connectivity index (χ1n) is 9.26. The Bertz CT molecular complexity index is 1270. The number of pyridine rings is 1. The third-order valence-electron chi connectivity index (χ3n) is 4.71. The summed E-state index contributed by atoms with van der Waals surface area (Å²) in [6, 6.07) is 24.0. The number of carbonyl (C=O) groups is 1. The Morgan fingerprint density at radius 1 is 1.07 bits per heavy atom. The van der Waals surface area contributed by atoms with E-state index in [4.69, 9.17) is 10.5 Å². The third-order valence-corrected chi connectivity index (χ3v) is 4.71. The number of nitrogens with zero attached hydrogens (tertiary/aromatic N) is 3. The highest BCUT2D eigenvalue weighted by molar-refractivity contribution is 5.91. The lowest BCUT2D eigenvalue weighted by Gasteiger charge is -2.13. The monoisotopic (exact) mass is 394 g/mol. The van der Waals surface area contributed by atoms with Gasteiger partial charge in [0.2, 0.25) is 0 Å². The highest BCUT2D eigenvalue weighted by Gasteiger charge is 2.12. The van der Waals surface area contributed by atoms with Crippen molar-refractivity contribution >= 4 is 5.91 Å². The van der Waals surface area contributed by atoms with Crippen LogP contribution in [0.5, 0.6) is 11.5 Å². The van der Waals surface area contributed by atoms with E-state index in [-0.39, 0.29) is 5.69 Å². The van der Waals surface area contributed by atoms with E-state index in [1.54, 1.807) is 24.3 Å². The van der Waals surface area contributed by atoms with Crippen LogP contribution in [0.1, 0.15) is 16.1 Å². The first kappa shape index (κ1) is 19.0. The van der Waals surface area contributed by atoms with E-state index in [0.29, 0.717) is 22.8 Å². The van der Waals surface area contributed by atoms with Gasteiger partial charge < -0.3 is 15.0 Å². The van der Waals surface area contributed by atoms with Gasteiger partial charge in [-0.1, -0.05) is 6.07 Å². The van der Waals surface area contributed by atoms with Crippen LogP contribution in [0.2, 0.25) is 0 Å². The van der Waals surface area contributed by atoms with Gasteiger partial charge >= 0.3 is 0 Å². The molecule has 0 bridgehead atoms. The van der Waals surface area contributed by atoms with Crippen LogP contribution >= 0.6 is 0 Å². The molecule has 30 heavy (non-hydrogen) atoms. The fourth-order valence-electron chi connectivity index (χ4n) is 3.18. The maximum absolute atomic E-state index is 11.4. The lowest BCUT2D eigenvalue weighted by atomic mass is 10.1. The lowest BCUT2D eigenvalue weighted by Crippen LogP contribution is -2.12. The molecule has 0 aliphatic rings. The summed E-state index contributed by atoms with van der Waals surface area (Å²) >= 11 is 0. The average Bonchev–Trinajstić information content (AvgIpc) is 3.20.